The van der Waals surface area contributed by atoms with Crippen molar-refractivity contribution in [1.29, 1.82) is 0 Å². The van der Waals surface area contributed by atoms with E-state index in [9.17, 15) is 19.2 Å². The number of anilines is 1. The summed E-state index contributed by atoms with van der Waals surface area (Å²) in [4.78, 5) is 61.7. The molecule has 1 aromatic heterocycles. The number of carbonyl (C=O) groups is 4. The molecule has 2 aliphatic heterocycles. The molecule has 2 amide bonds. The minimum absolute atomic E-state index is 0.0240. The van der Waals surface area contributed by atoms with Crippen LogP contribution >= 0.6 is 11.8 Å². The van der Waals surface area contributed by atoms with E-state index in [0.29, 0.717) is 17.6 Å². The Hall–Kier alpha value is -5.20. The molecule has 0 saturated carbocycles. The summed E-state index contributed by atoms with van der Waals surface area (Å²) in [5, 5.41) is 6.65. The Morgan fingerprint density at radius 2 is 1.61 bits per heavy atom. The highest BCUT2D eigenvalue weighted by atomic mass is 32.2. The molecule has 0 spiro atoms. The second kappa shape index (κ2) is 16.2. The SMILES string of the molecule is CCN(CC)CCNc1cc(C(=O)N[C@@H]2C(=O)N3C(C(=O)OC(c4ccccc4)c4ccccc4)=C(COC(C)=O)CS[C@H]23)nc2ccccc12. The van der Waals surface area contributed by atoms with E-state index in [2.05, 4.69) is 34.4 Å². The number of pyridine rings is 1. The van der Waals surface area contributed by atoms with Gasteiger partial charge in [0.25, 0.3) is 11.8 Å². The Morgan fingerprint density at radius 3 is 2.25 bits per heavy atom. The van der Waals surface area contributed by atoms with Crippen molar-refractivity contribution in [2.24, 2.45) is 0 Å². The summed E-state index contributed by atoms with van der Waals surface area (Å²) in [5.41, 5.74) is 3.59. The van der Waals surface area contributed by atoms with Gasteiger partial charge < -0.3 is 25.0 Å². The van der Waals surface area contributed by atoms with Crippen LogP contribution in [0.5, 0.6) is 0 Å². The molecule has 0 aliphatic carbocycles. The number of carbonyl (C=O) groups excluding carboxylic acids is 4. The number of ether oxygens (including phenoxy) is 2. The van der Waals surface area contributed by atoms with Gasteiger partial charge in [-0.3, -0.25) is 19.3 Å². The summed E-state index contributed by atoms with van der Waals surface area (Å²) in [6.45, 7) is 8.75. The van der Waals surface area contributed by atoms with Crippen LogP contribution in [-0.2, 0) is 23.9 Å². The second-order valence-corrected chi connectivity index (χ2v) is 13.3. The molecule has 0 radical (unpaired) electrons. The van der Waals surface area contributed by atoms with Gasteiger partial charge in [0.1, 0.15) is 29.4 Å². The summed E-state index contributed by atoms with van der Waals surface area (Å²) in [6, 6.07) is 27.1. The van der Waals surface area contributed by atoms with Gasteiger partial charge in [0.2, 0.25) is 0 Å². The predicted octanol–water partition coefficient (Wildman–Crippen LogP) is 5.15. The van der Waals surface area contributed by atoms with Crippen molar-refractivity contribution in [2.75, 3.05) is 43.9 Å². The number of hydrogen-bond donors (Lipinski definition) is 2. The minimum atomic E-state index is -0.910. The summed E-state index contributed by atoms with van der Waals surface area (Å²) in [6.07, 6.45) is -0.754. The Bertz CT molecular complexity index is 1900. The predicted molar refractivity (Wildman–Crippen MR) is 197 cm³/mol. The van der Waals surface area contributed by atoms with Gasteiger partial charge in [-0.1, -0.05) is 92.7 Å². The third-order valence-electron chi connectivity index (χ3n) is 8.99. The number of nitrogens with zero attached hydrogens (tertiary/aromatic N) is 3. The third-order valence-corrected chi connectivity index (χ3v) is 10.3. The number of esters is 2. The van der Waals surface area contributed by atoms with Crippen molar-refractivity contribution in [1.82, 2.24) is 20.1 Å². The number of β-lactam (4-membered cyclic amide) rings is 1. The van der Waals surface area contributed by atoms with Gasteiger partial charge in [-0.15, -0.1) is 11.8 Å². The number of aromatic nitrogens is 1. The number of thioether (sulfide) groups is 1. The molecule has 6 rings (SSSR count). The molecule has 4 aromatic rings. The number of benzene rings is 3. The van der Waals surface area contributed by atoms with E-state index in [1.54, 1.807) is 6.07 Å². The van der Waals surface area contributed by atoms with E-state index in [1.807, 2.05) is 84.9 Å². The highest BCUT2D eigenvalue weighted by Gasteiger charge is 2.55. The van der Waals surface area contributed by atoms with Crippen molar-refractivity contribution in [3.63, 3.8) is 0 Å². The van der Waals surface area contributed by atoms with Crippen molar-refractivity contribution < 1.29 is 28.7 Å². The van der Waals surface area contributed by atoms with E-state index < -0.39 is 41.3 Å². The summed E-state index contributed by atoms with van der Waals surface area (Å²) in [7, 11) is 0. The first kappa shape index (κ1) is 35.6. The minimum Gasteiger partial charge on any atom is -0.461 e. The van der Waals surface area contributed by atoms with E-state index in [1.165, 1.54) is 23.6 Å². The van der Waals surface area contributed by atoms with Gasteiger partial charge in [0.15, 0.2) is 6.10 Å². The quantitative estimate of drug-likeness (QED) is 0.134. The lowest BCUT2D eigenvalue weighted by molar-refractivity contribution is -0.154. The molecule has 2 N–H and O–H groups in total. The number of amides is 2. The van der Waals surface area contributed by atoms with Crippen LogP contribution in [-0.4, -0.2) is 88.5 Å². The van der Waals surface area contributed by atoms with Crippen LogP contribution in [0.15, 0.2) is 102 Å². The highest BCUT2D eigenvalue weighted by molar-refractivity contribution is 8.00. The zero-order valence-corrected chi connectivity index (χ0v) is 29.7. The lowest BCUT2D eigenvalue weighted by Gasteiger charge is -2.49. The van der Waals surface area contributed by atoms with Crippen LogP contribution in [0.1, 0.15) is 48.5 Å². The van der Waals surface area contributed by atoms with Gasteiger partial charge >= 0.3 is 11.9 Å². The molecular weight excluding hydrogens is 667 g/mol. The average Bonchev–Trinajstić information content (AvgIpc) is 3.16. The lowest BCUT2D eigenvalue weighted by atomic mass is 10.0. The average molecular weight is 708 g/mol. The topological polar surface area (TPSA) is 130 Å². The largest absolute Gasteiger partial charge is 0.461 e. The molecule has 0 unspecified atom stereocenters. The monoisotopic (exact) mass is 707 g/mol. The van der Waals surface area contributed by atoms with Crippen molar-refractivity contribution in [2.45, 2.75) is 38.3 Å². The van der Waals surface area contributed by atoms with Crippen LogP contribution in [0, 0.1) is 0 Å². The van der Waals surface area contributed by atoms with Crippen LogP contribution in [0.4, 0.5) is 5.69 Å². The first-order chi connectivity index (χ1) is 24.8. The van der Waals surface area contributed by atoms with Gasteiger partial charge in [0.05, 0.1) is 5.52 Å². The molecule has 3 heterocycles. The van der Waals surface area contributed by atoms with Gasteiger partial charge in [-0.25, -0.2) is 9.78 Å². The maximum atomic E-state index is 14.1. The van der Waals surface area contributed by atoms with E-state index in [0.717, 1.165) is 41.8 Å². The smallest absolute Gasteiger partial charge is 0.356 e. The fraction of sp³-hybridized carbons (Fsp3) is 0.308. The highest BCUT2D eigenvalue weighted by Crippen LogP contribution is 2.42. The zero-order chi connectivity index (χ0) is 35.9. The number of hydrogen-bond acceptors (Lipinski definition) is 10. The molecule has 264 valence electrons. The number of fused-ring (bicyclic) bond motifs is 2. The van der Waals surface area contributed by atoms with E-state index in [-0.39, 0.29) is 23.8 Å². The number of nitrogens with one attached hydrogen (secondary N) is 2. The summed E-state index contributed by atoms with van der Waals surface area (Å²) >= 11 is 1.37. The maximum absolute atomic E-state index is 14.1. The molecule has 1 saturated heterocycles. The summed E-state index contributed by atoms with van der Waals surface area (Å²) < 4.78 is 11.4. The molecule has 2 aliphatic rings. The van der Waals surface area contributed by atoms with Crippen LogP contribution in [0.2, 0.25) is 0 Å². The standard InChI is InChI=1S/C39H41N5O6S/c1-4-43(5-2)21-20-40-31-22-32(41-30-19-13-12-18-29(30)31)36(46)42-33-37(47)44-34(28(23-49-25(3)45)24-51-38(33)44)39(48)50-35(26-14-8-6-9-15-26)27-16-10-7-11-17-27/h6-19,22,33,35,38H,4-5,20-21,23-24H2,1-3H3,(H,40,41)(H,42,46)/t33-,38-/m1/s1. The first-order valence-corrected chi connectivity index (χ1v) is 18.1. The number of para-hydroxylation sites is 1. The Balaban J connectivity index is 1.23. The molecule has 11 nitrogen and oxygen atoms in total. The van der Waals surface area contributed by atoms with E-state index in [4.69, 9.17) is 9.47 Å². The van der Waals surface area contributed by atoms with Crippen LogP contribution < -0.4 is 10.6 Å². The van der Waals surface area contributed by atoms with Crippen molar-refractivity contribution >= 4 is 52.1 Å². The number of likely N-dealkylation sites (N-methyl/N-ethyl adjacent to an activating group) is 1. The molecule has 2 atom stereocenters. The van der Waals surface area contributed by atoms with Crippen LogP contribution in [0.3, 0.4) is 0 Å². The zero-order valence-electron chi connectivity index (χ0n) is 28.8. The maximum Gasteiger partial charge on any atom is 0.356 e. The fourth-order valence-electron chi connectivity index (χ4n) is 6.26. The Morgan fingerprint density at radius 1 is 0.961 bits per heavy atom. The first-order valence-electron chi connectivity index (χ1n) is 17.1. The van der Waals surface area contributed by atoms with Gasteiger partial charge in [-0.05, 0) is 36.3 Å². The van der Waals surface area contributed by atoms with E-state index >= 15 is 0 Å². The Kier molecular flexibility index (Phi) is 11.3. The lowest BCUT2D eigenvalue weighted by Crippen LogP contribution is -2.70. The Labute approximate surface area is 301 Å². The second-order valence-electron chi connectivity index (χ2n) is 12.2. The molecule has 3 aromatic carbocycles. The molecule has 0 bridgehead atoms. The molecule has 1 fully saturated rings. The number of rotatable bonds is 14. The molecule has 12 heteroatoms. The van der Waals surface area contributed by atoms with Crippen molar-refractivity contribution in [3.8, 4) is 0 Å². The van der Waals surface area contributed by atoms with Crippen molar-refractivity contribution in [3.05, 3.63) is 119 Å². The van der Waals surface area contributed by atoms with Crippen LogP contribution in [0.25, 0.3) is 10.9 Å². The molecular formula is C39H41N5O6S. The molecule has 51 heavy (non-hydrogen) atoms. The normalized spacial score (nSPS) is 16.9. The van der Waals surface area contributed by atoms with Gasteiger partial charge in [0, 0.05) is 42.4 Å². The third kappa shape index (κ3) is 7.92. The summed E-state index contributed by atoms with van der Waals surface area (Å²) in [5.74, 6) is -1.93. The fourth-order valence-corrected chi connectivity index (χ4v) is 7.59. The van der Waals surface area contributed by atoms with Gasteiger partial charge in [-0.2, -0.15) is 0 Å².